The number of nitro benzene ring substituents is 1. The monoisotopic (exact) mass is 208 g/mol. The molecule has 0 radical (unpaired) electrons. The highest BCUT2D eigenvalue weighted by atomic mass is 16.6. The third kappa shape index (κ3) is 1.98. The molecule has 15 heavy (non-hydrogen) atoms. The summed E-state index contributed by atoms with van der Waals surface area (Å²) < 4.78 is 0. The highest BCUT2D eigenvalue weighted by molar-refractivity contribution is 5.97. The number of benzene rings is 1. The van der Waals surface area contributed by atoms with Gasteiger partial charge in [-0.15, -0.1) is 0 Å². The van der Waals surface area contributed by atoms with Gasteiger partial charge in [-0.2, -0.15) is 0 Å². The van der Waals surface area contributed by atoms with Gasteiger partial charge in [0.25, 0.3) is 5.69 Å². The Morgan fingerprint density at radius 2 is 2.13 bits per heavy atom. The maximum absolute atomic E-state index is 10.9. The van der Waals surface area contributed by atoms with Crippen molar-refractivity contribution in [2.45, 2.75) is 6.92 Å². The topological polar surface area (TPSA) is 103 Å². The zero-order valence-corrected chi connectivity index (χ0v) is 7.89. The van der Waals surface area contributed by atoms with Gasteiger partial charge in [-0.05, 0) is 12.5 Å². The molecule has 0 atom stereocenters. The number of carbonyl (C=O) groups is 2. The van der Waals surface area contributed by atoms with E-state index in [1.807, 2.05) is 0 Å². The molecule has 0 aromatic heterocycles. The van der Waals surface area contributed by atoms with Gasteiger partial charge in [0, 0.05) is 23.3 Å². The average molecular weight is 208 g/mol. The second-order valence-electron chi connectivity index (χ2n) is 2.95. The molecule has 0 fully saturated rings. The minimum Gasteiger partial charge on any atom is -0.366 e. The lowest BCUT2D eigenvalue weighted by atomic mass is 10.0. The standard InChI is InChI=1S/C9H8N2O4/c1-5-6(4-12)2-7(11(14)15)3-8(5)9(10)13/h2-4H,1H3,(H2,10,13). The van der Waals surface area contributed by atoms with Gasteiger partial charge < -0.3 is 5.73 Å². The maximum atomic E-state index is 10.9. The minimum absolute atomic E-state index is 0.00806. The van der Waals surface area contributed by atoms with Crippen LogP contribution in [0, 0.1) is 17.0 Å². The van der Waals surface area contributed by atoms with Crippen LogP contribution in [0.15, 0.2) is 12.1 Å². The maximum Gasteiger partial charge on any atom is 0.270 e. The minimum atomic E-state index is -0.792. The SMILES string of the molecule is Cc1c(C=O)cc([N+](=O)[O-])cc1C(N)=O. The van der Waals surface area contributed by atoms with Crippen LogP contribution in [-0.2, 0) is 0 Å². The van der Waals surface area contributed by atoms with Gasteiger partial charge in [0.1, 0.15) is 0 Å². The van der Waals surface area contributed by atoms with Crippen molar-refractivity contribution < 1.29 is 14.5 Å². The molecule has 0 saturated carbocycles. The van der Waals surface area contributed by atoms with Crippen LogP contribution in [-0.4, -0.2) is 17.1 Å². The number of non-ortho nitro benzene ring substituents is 1. The van der Waals surface area contributed by atoms with Crippen LogP contribution in [0.3, 0.4) is 0 Å². The van der Waals surface area contributed by atoms with Gasteiger partial charge in [-0.25, -0.2) is 0 Å². The number of amides is 1. The second-order valence-corrected chi connectivity index (χ2v) is 2.95. The van der Waals surface area contributed by atoms with E-state index in [0.29, 0.717) is 11.8 Å². The first-order valence-corrected chi connectivity index (χ1v) is 4.01. The van der Waals surface area contributed by atoms with Crippen LogP contribution >= 0.6 is 0 Å². The number of hydrogen-bond acceptors (Lipinski definition) is 4. The van der Waals surface area contributed by atoms with Crippen molar-refractivity contribution in [3.8, 4) is 0 Å². The zero-order chi connectivity index (χ0) is 11.6. The first-order valence-electron chi connectivity index (χ1n) is 4.01. The summed E-state index contributed by atoms with van der Waals surface area (Å²) in [6.07, 6.45) is 0.453. The summed E-state index contributed by atoms with van der Waals surface area (Å²) >= 11 is 0. The summed E-state index contributed by atoms with van der Waals surface area (Å²) in [5.74, 6) is -0.792. The normalized spacial score (nSPS) is 9.67. The summed E-state index contributed by atoms with van der Waals surface area (Å²) in [4.78, 5) is 31.4. The van der Waals surface area contributed by atoms with E-state index in [1.165, 1.54) is 6.92 Å². The van der Waals surface area contributed by atoms with Crippen molar-refractivity contribution >= 4 is 17.9 Å². The third-order valence-corrected chi connectivity index (χ3v) is 2.04. The van der Waals surface area contributed by atoms with Crippen LogP contribution in [0.2, 0.25) is 0 Å². The van der Waals surface area contributed by atoms with Gasteiger partial charge in [0.15, 0.2) is 6.29 Å². The van der Waals surface area contributed by atoms with E-state index in [9.17, 15) is 19.7 Å². The van der Waals surface area contributed by atoms with Gasteiger partial charge >= 0.3 is 0 Å². The molecule has 0 saturated heterocycles. The molecule has 1 rings (SSSR count). The molecule has 0 aliphatic rings. The molecular weight excluding hydrogens is 200 g/mol. The van der Waals surface area contributed by atoms with Crippen molar-refractivity contribution in [2.75, 3.05) is 0 Å². The fourth-order valence-corrected chi connectivity index (χ4v) is 1.20. The van der Waals surface area contributed by atoms with E-state index in [0.717, 1.165) is 12.1 Å². The molecule has 0 aliphatic heterocycles. The lowest BCUT2D eigenvalue weighted by Gasteiger charge is -2.03. The Morgan fingerprint density at radius 1 is 1.53 bits per heavy atom. The molecule has 6 heteroatoms. The lowest BCUT2D eigenvalue weighted by Crippen LogP contribution is -2.14. The van der Waals surface area contributed by atoms with Crippen LogP contribution in [0.25, 0.3) is 0 Å². The van der Waals surface area contributed by atoms with E-state index >= 15 is 0 Å². The van der Waals surface area contributed by atoms with Crippen LogP contribution in [0.5, 0.6) is 0 Å². The smallest absolute Gasteiger partial charge is 0.270 e. The zero-order valence-electron chi connectivity index (χ0n) is 7.89. The number of primary amides is 1. The Kier molecular flexibility index (Phi) is 2.80. The number of nitrogens with two attached hydrogens (primary N) is 1. The highest BCUT2D eigenvalue weighted by Crippen LogP contribution is 2.20. The number of hydrogen-bond donors (Lipinski definition) is 1. The largest absolute Gasteiger partial charge is 0.366 e. The van der Waals surface area contributed by atoms with Crippen molar-refractivity contribution in [1.82, 2.24) is 0 Å². The molecular formula is C9H8N2O4. The second kappa shape index (κ2) is 3.87. The Labute approximate surface area is 84.8 Å². The van der Waals surface area contributed by atoms with E-state index in [4.69, 9.17) is 5.73 Å². The molecule has 2 N–H and O–H groups in total. The van der Waals surface area contributed by atoms with Crippen LogP contribution in [0.4, 0.5) is 5.69 Å². The summed E-state index contributed by atoms with van der Waals surface area (Å²) in [6.45, 7) is 1.51. The molecule has 0 bridgehead atoms. The van der Waals surface area contributed by atoms with Crippen LogP contribution < -0.4 is 5.73 Å². The summed E-state index contributed by atoms with van der Waals surface area (Å²) in [5.41, 5.74) is 5.14. The van der Waals surface area contributed by atoms with E-state index in [1.54, 1.807) is 0 Å². The Bertz CT molecular complexity index is 454. The third-order valence-electron chi connectivity index (χ3n) is 2.04. The average Bonchev–Trinajstić information content (AvgIpc) is 2.17. The first kappa shape index (κ1) is 10.8. The van der Waals surface area contributed by atoms with Crippen molar-refractivity contribution in [2.24, 2.45) is 5.73 Å². The Hall–Kier alpha value is -2.24. The van der Waals surface area contributed by atoms with Gasteiger partial charge in [-0.3, -0.25) is 19.7 Å². The fraction of sp³-hybridized carbons (Fsp3) is 0.111. The van der Waals surface area contributed by atoms with E-state index in [2.05, 4.69) is 0 Å². The highest BCUT2D eigenvalue weighted by Gasteiger charge is 2.16. The number of nitrogens with zero attached hydrogens (tertiary/aromatic N) is 1. The molecule has 1 aromatic rings. The molecule has 0 unspecified atom stereocenters. The Balaban J connectivity index is 3.51. The molecule has 0 aliphatic carbocycles. The predicted molar refractivity (Wildman–Crippen MR) is 51.7 cm³/mol. The summed E-state index contributed by atoms with van der Waals surface area (Å²) in [7, 11) is 0. The van der Waals surface area contributed by atoms with Crippen LogP contribution in [0.1, 0.15) is 26.3 Å². The van der Waals surface area contributed by atoms with Crippen molar-refractivity contribution in [3.05, 3.63) is 38.9 Å². The number of aldehydes is 1. The number of nitro groups is 1. The van der Waals surface area contributed by atoms with Gasteiger partial charge in [0.05, 0.1) is 4.92 Å². The van der Waals surface area contributed by atoms with Gasteiger partial charge in [-0.1, -0.05) is 0 Å². The quantitative estimate of drug-likeness (QED) is 0.451. The number of rotatable bonds is 3. The van der Waals surface area contributed by atoms with Gasteiger partial charge in [0.2, 0.25) is 5.91 Å². The number of carbonyl (C=O) groups excluding carboxylic acids is 2. The fourth-order valence-electron chi connectivity index (χ4n) is 1.20. The molecule has 6 nitrogen and oxygen atoms in total. The Morgan fingerprint density at radius 3 is 2.53 bits per heavy atom. The van der Waals surface area contributed by atoms with E-state index in [-0.39, 0.29) is 16.8 Å². The molecule has 1 aromatic carbocycles. The summed E-state index contributed by atoms with van der Waals surface area (Å²) in [5, 5.41) is 10.5. The molecule has 0 spiro atoms. The molecule has 0 heterocycles. The first-order chi connectivity index (χ1) is 6.97. The molecule has 1 amide bonds. The van der Waals surface area contributed by atoms with E-state index < -0.39 is 10.8 Å². The van der Waals surface area contributed by atoms with Crippen molar-refractivity contribution in [3.63, 3.8) is 0 Å². The predicted octanol–water partition coefficient (Wildman–Crippen LogP) is 0.815. The summed E-state index contributed by atoms with van der Waals surface area (Å²) in [6, 6.07) is 2.17. The van der Waals surface area contributed by atoms with Crippen molar-refractivity contribution in [1.29, 1.82) is 0 Å². The lowest BCUT2D eigenvalue weighted by molar-refractivity contribution is -0.384. The molecule has 78 valence electrons.